The number of hydrogen-bond donors (Lipinski definition) is 2. The van der Waals surface area contributed by atoms with E-state index in [1.54, 1.807) is 19.2 Å². The van der Waals surface area contributed by atoms with Gasteiger partial charge >= 0.3 is 0 Å². The topological polar surface area (TPSA) is 76.1 Å². The molecule has 1 heterocycles. The van der Waals surface area contributed by atoms with Crippen molar-refractivity contribution in [3.63, 3.8) is 0 Å². The van der Waals surface area contributed by atoms with Crippen molar-refractivity contribution in [2.24, 2.45) is 0 Å². The van der Waals surface area contributed by atoms with Crippen LogP contribution in [0, 0.1) is 20.8 Å². The number of aryl methyl sites for hydroxylation is 3. The fraction of sp³-hybridized carbons (Fsp3) is 0.190. The zero-order chi connectivity index (χ0) is 20.3. The molecule has 0 fully saturated rings. The van der Waals surface area contributed by atoms with Crippen molar-refractivity contribution in [3.8, 4) is 5.75 Å². The molecule has 0 spiro atoms. The molecule has 0 aliphatic heterocycles. The Morgan fingerprint density at radius 1 is 1.07 bits per heavy atom. The molecule has 144 valence electrons. The quantitative estimate of drug-likeness (QED) is 0.630. The van der Waals surface area contributed by atoms with Gasteiger partial charge < -0.3 is 15.4 Å². The van der Waals surface area contributed by atoms with Crippen LogP contribution in [0.5, 0.6) is 5.75 Å². The van der Waals surface area contributed by atoms with Crippen molar-refractivity contribution < 1.29 is 9.53 Å². The number of carbonyl (C=O) groups excluding carboxylic acids is 1. The van der Waals surface area contributed by atoms with Gasteiger partial charge in [-0.05, 0) is 61.7 Å². The molecule has 6 nitrogen and oxygen atoms in total. The Balaban J connectivity index is 1.82. The molecule has 1 aromatic heterocycles. The standard InChI is InChI=1S/C21H21ClN4O2/c1-12-7-13(2)9-15(8-12)24-20(27)17-5-6-23-21(25-17)26-18-10-14(3)16(22)11-19(18)28-4/h5-11H,1-4H3,(H,24,27)(H,23,25,26). The van der Waals surface area contributed by atoms with E-state index in [1.165, 1.54) is 6.20 Å². The third-order valence-corrected chi connectivity index (χ3v) is 4.50. The second-order valence-corrected chi connectivity index (χ2v) is 6.93. The van der Waals surface area contributed by atoms with Gasteiger partial charge in [0.1, 0.15) is 11.4 Å². The van der Waals surface area contributed by atoms with Crippen LogP contribution in [0.4, 0.5) is 17.3 Å². The highest BCUT2D eigenvalue weighted by atomic mass is 35.5. The van der Waals surface area contributed by atoms with E-state index in [-0.39, 0.29) is 17.5 Å². The number of nitrogens with one attached hydrogen (secondary N) is 2. The summed E-state index contributed by atoms with van der Waals surface area (Å²) in [5, 5.41) is 6.56. The number of rotatable bonds is 5. The number of methoxy groups -OCH3 is 1. The number of benzene rings is 2. The van der Waals surface area contributed by atoms with Crippen molar-refractivity contribution in [2.45, 2.75) is 20.8 Å². The lowest BCUT2D eigenvalue weighted by Gasteiger charge is -2.12. The lowest BCUT2D eigenvalue weighted by atomic mass is 10.1. The fourth-order valence-corrected chi connectivity index (χ4v) is 2.99. The van der Waals surface area contributed by atoms with Crippen LogP contribution in [0.3, 0.4) is 0 Å². The molecule has 0 saturated carbocycles. The maximum absolute atomic E-state index is 12.6. The van der Waals surface area contributed by atoms with Gasteiger partial charge in [0, 0.05) is 23.0 Å². The Morgan fingerprint density at radius 3 is 2.46 bits per heavy atom. The van der Waals surface area contributed by atoms with E-state index in [0.29, 0.717) is 16.5 Å². The summed E-state index contributed by atoms with van der Waals surface area (Å²) in [5.74, 6) is 0.534. The summed E-state index contributed by atoms with van der Waals surface area (Å²) in [7, 11) is 1.56. The first kappa shape index (κ1) is 19.6. The summed E-state index contributed by atoms with van der Waals surface area (Å²) in [4.78, 5) is 21.1. The lowest BCUT2D eigenvalue weighted by molar-refractivity contribution is 0.102. The highest BCUT2D eigenvalue weighted by Crippen LogP contribution is 2.32. The largest absolute Gasteiger partial charge is 0.495 e. The minimum absolute atomic E-state index is 0.251. The summed E-state index contributed by atoms with van der Waals surface area (Å²) < 4.78 is 5.35. The van der Waals surface area contributed by atoms with Crippen LogP contribution in [0.15, 0.2) is 42.6 Å². The highest BCUT2D eigenvalue weighted by Gasteiger charge is 2.12. The molecule has 2 N–H and O–H groups in total. The van der Waals surface area contributed by atoms with Crippen LogP contribution >= 0.6 is 11.6 Å². The smallest absolute Gasteiger partial charge is 0.274 e. The van der Waals surface area contributed by atoms with E-state index in [4.69, 9.17) is 16.3 Å². The van der Waals surface area contributed by atoms with Crippen molar-refractivity contribution in [1.82, 2.24) is 9.97 Å². The minimum Gasteiger partial charge on any atom is -0.495 e. The van der Waals surface area contributed by atoms with Crippen LogP contribution in [-0.2, 0) is 0 Å². The average molecular weight is 397 g/mol. The number of hydrogen-bond acceptors (Lipinski definition) is 5. The van der Waals surface area contributed by atoms with Gasteiger partial charge in [0.2, 0.25) is 5.95 Å². The SMILES string of the molecule is COc1cc(Cl)c(C)cc1Nc1nccc(C(=O)Nc2cc(C)cc(C)c2)n1. The maximum atomic E-state index is 12.6. The Hall–Kier alpha value is -3.12. The van der Waals surface area contributed by atoms with E-state index in [1.807, 2.05) is 45.0 Å². The zero-order valence-electron chi connectivity index (χ0n) is 16.1. The van der Waals surface area contributed by atoms with Crippen molar-refractivity contribution in [1.29, 1.82) is 0 Å². The van der Waals surface area contributed by atoms with E-state index in [9.17, 15) is 4.79 Å². The first-order chi connectivity index (χ1) is 13.4. The number of ether oxygens (including phenoxy) is 1. The normalized spacial score (nSPS) is 10.5. The van der Waals surface area contributed by atoms with Gasteiger partial charge in [-0.1, -0.05) is 17.7 Å². The second kappa shape index (κ2) is 8.27. The summed E-state index contributed by atoms with van der Waals surface area (Å²) in [6, 6.07) is 11.0. The summed E-state index contributed by atoms with van der Waals surface area (Å²) >= 11 is 6.14. The molecule has 0 atom stereocenters. The minimum atomic E-state index is -0.310. The average Bonchev–Trinajstić information content (AvgIpc) is 2.64. The number of anilines is 3. The Bertz CT molecular complexity index is 1020. The molecule has 0 unspecified atom stereocenters. The lowest BCUT2D eigenvalue weighted by Crippen LogP contribution is -2.15. The monoisotopic (exact) mass is 396 g/mol. The summed E-state index contributed by atoms with van der Waals surface area (Å²) in [6.07, 6.45) is 1.53. The van der Waals surface area contributed by atoms with E-state index in [0.717, 1.165) is 22.4 Å². The number of aromatic nitrogens is 2. The number of carbonyl (C=O) groups is 1. The van der Waals surface area contributed by atoms with Crippen molar-refractivity contribution in [3.05, 3.63) is 70.0 Å². The second-order valence-electron chi connectivity index (χ2n) is 6.52. The molecule has 0 aliphatic carbocycles. The fourth-order valence-electron chi connectivity index (χ4n) is 2.84. The molecule has 0 aliphatic rings. The van der Waals surface area contributed by atoms with Gasteiger partial charge in [-0.3, -0.25) is 4.79 Å². The maximum Gasteiger partial charge on any atom is 0.274 e. The molecule has 0 radical (unpaired) electrons. The number of amides is 1. The molecule has 0 bridgehead atoms. The van der Waals surface area contributed by atoms with E-state index >= 15 is 0 Å². The molecule has 28 heavy (non-hydrogen) atoms. The van der Waals surface area contributed by atoms with Crippen LogP contribution in [-0.4, -0.2) is 23.0 Å². The molecule has 0 saturated heterocycles. The van der Waals surface area contributed by atoms with E-state index < -0.39 is 0 Å². The molecule has 7 heteroatoms. The van der Waals surface area contributed by atoms with Gasteiger partial charge in [-0.15, -0.1) is 0 Å². The van der Waals surface area contributed by atoms with Gasteiger partial charge in [0.15, 0.2) is 0 Å². The van der Waals surface area contributed by atoms with Crippen LogP contribution < -0.4 is 15.4 Å². The summed E-state index contributed by atoms with van der Waals surface area (Å²) in [6.45, 7) is 5.86. The van der Waals surface area contributed by atoms with Gasteiger partial charge in [0.05, 0.1) is 12.8 Å². The van der Waals surface area contributed by atoms with E-state index in [2.05, 4.69) is 20.6 Å². The Labute approximate surface area is 168 Å². The first-order valence-corrected chi connectivity index (χ1v) is 9.07. The van der Waals surface area contributed by atoms with Gasteiger partial charge in [-0.2, -0.15) is 0 Å². The summed E-state index contributed by atoms with van der Waals surface area (Å²) in [5.41, 5.74) is 4.67. The third-order valence-electron chi connectivity index (χ3n) is 4.09. The molecular weight excluding hydrogens is 376 g/mol. The molecule has 2 aromatic carbocycles. The predicted molar refractivity (Wildman–Crippen MR) is 112 cm³/mol. The molecule has 3 rings (SSSR count). The van der Waals surface area contributed by atoms with Crippen molar-refractivity contribution >= 4 is 34.8 Å². The Morgan fingerprint density at radius 2 is 1.79 bits per heavy atom. The van der Waals surface area contributed by atoms with Crippen LogP contribution in [0.2, 0.25) is 5.02 Å². The molecule has 3 aromatic rings. The molecule has 1 amide bonds. The number of nitrogens with zero attached hydrogens (tertiary/aromatic N) is 2. The van der Waals surface area contributed by atoms with Crippen LogP contribution in [0.25, 0.3) is 0 Å². The molecular formula is C21H21ClN4O2. The van der Waals surface area contributed by atoms with Gasteiger partial charge in [0.25, 0.3) is 5.91 Å². The third kappa shape index (κ3) is 4.58. The zero-order valence-corrected chi connectivity index (χ0v) is 16.9. The predicted octanol–water partition coefficient (Wildman–Crippen LogP) is 5.06. The van der Waals surface area contributed by atoms with Crippen molar-refractivity contribution in [2.75, 3.05) is 17.7 Å². The van der Waals surface area contributed by atoms with Gasteiger partial charge in [-0.25, -0.2) is 9.97 Å². The van der Waals surface area contributed by atoms with Crippen LogP contribution in [0.1, 0.15) is 27.2 Å². The Kier molecular flexibility index (Phi) is 5.80. The first-order valence-electron chi connectivity index (χ1n) is 8.69. The number of halogens is 1. The highest BCUT2D eigenvalue weighted by molar-refractivity contribution is 6.31.